The van der Waals surface area contributed by atoms with Gasteiger partial charge in [0.15, 0.2) is 17.3 Å². The highest BCUT2D eigenvalue weighted by atomic mass is 35.5. The number of nitrogens with one attached hydrogen (secondary N) is 1. The number of methoxy groups -OCH3 is 1. The van der Waals surface area contributed by atoms with E-state index in [0.717, 1.165) is 11.1 Å². The molecule has 1 amide bonds. The molecule has 1 N–H and O–H groups in total. The van der Waals surface area contributed by atoms with Crippen molar-refractivity contribution in [3.63, 3.8) is 0 Å². The number of rotatable bonds is 10. The Kier molecular flexibility index (Phi) is 8.30. The largest absolute Gasteiger partial charge is 0.493 e. The van der Waals surface area contributed by atoms with Gasteiger partial charge in [-0.1, -0.05) is 35.3 Å². The number of hydrogen-bond donors (Lipinski definition) is 1. The molecular weight excluding hydrogens is 533 g/mol. The van der Waals surface area contributed by atoms with Crippen LogP contribution in [0.25, 0.3) is 11.0 Å². The molecule has 0 unspecified atom stereocenters. The third kappa shape index (κ3) is 6.13. The Balaban J connectivity index is 1.51. The molecule has 0 bridgehead atoms. The second-order valence-corrected chi connectivity index (χ2v) is 8.86. The summed E-state index contributed by atoms with van der Waals surface area (Å²) in [7, 11) is 1.52. The van der Waals surface area contributed by atoms with Crippen LogP contribution in [0, 0.1) is 10.1 Å². The van der Waals surface area contributed by atoms with E-state index in [9.17, 15) is 14.9 Å². The fourth-order valence-corrected chi connectivity index (χ4v) is 4.11. The zero-order valence-corrected chi connectivity index (χ0v) is 21.6. The number of benzene rings is 3. The molecule has 0 aliphatic heterocycles. The number of nitro benzene ring substituents is 1. The van der Waals surface area contributed by atoms with Crippen molar-refractivity contribution in [1.82, 2.24) is 5.43 Å². The molecule has 0 spiro atoms. The molecule has 0 fully saturated rings. The molecule has 11 heteroatoms. The van der Waals surface area contributed by atoms with Crippen molar-refractivity contribution in [3.8, 4) is 11.5 Å². The van der Waals surface area contributed by atoms with E-state index in [4.69, 9.17) is 37.1 Å². The van der Waals surface area contributed by atoms with Gasteiger partial charge < -0.3 is 13.9 Å². The molecule has 194 valence electrons. The molecule has 0 saturated heterocycles. The number of carbonyl (C=O) groups excluding carboxylic acids is 1. The number of fused-ring (bicyclic) bond motifs is 1. The van der Waals surface area contributed by atoms with E-state index in [1.54, 1.807) is 30.3 Å². The summed E-state index contributed by atoms with van der Waals surface area (Å²) in [5, 5.41) is 16.4. The average Bonchev–Trinajstić information content (AvgIpc) is 3.32. The SMILES string of the molecule is C=CCc1cc(/C=N\NC(=O)c2cc3cc([N+](=O)[O-])ccc3o2)cc(OC)c1OCc1ccc(Cl)cc1Cl. The van der Waals surface area contributed by atoms with E-state index >= 15 is 0 Å². The van der Waals surface area contributed by atoms with Gasteiger partial charge in [-0.05, 0) is 48.4 Å². The molecule has 0 atom stereocenters. The number of nitrogens with zero attached hydrogens (tertiary/aromatic N) is 2. The molecule has 0 radical (unpaired) electrons. The van der Waals surface area contributed by atoms with Crippen LogP contribution in [0.1, 0.15) is 27.2 Å². The fourth-order valence-electron chi connectivity index (χ4n) is 3.65. The van der Waals surface area contributed by atoms with Crippen molar-refractivity contribution < 1.29 is 23.6 Å². The fraction of sp³-hybridized carbons (Fsp3) is 0.111. The van der Waals surface area contributed by atoms with E-state index < -0.39 is 10.8 Å². The van der Waals surface area contributed by atoms with Crippen LogP contribution in [0.2, 0.25) is 10.0 Å². The minimum absolute atomic E-state index is 0.0350. The minimum atomic E-state index is -0.613. The van der Waals surface area contributed by atoms with Gasteiger partial charge in [0.2, 0.25) is 0 Å². The summed E-state index contributed by atoms with van der Waals surface area (Å²) in [6.07, 6.45) is 3.66. The summed E-state index contributed by atoms with van der Waals surface area (Å²) >= 11 is 12.2. The number of carbonyl (C=O) groups is 1. The summed E-state index contributed by atoms with van der Waals surface area (Å²) in [6.45, 7) is 4.00. The normalized spacial score (nSPS) is 11.0. The molecule has 0 aliphatic carbocycles. The van der Waals surface area contributed by atoms with Crippen LogP contribution < -0.4 is 14.9 Å². The first-order valence-electron chi connectivity index (χ1n) is 11.2. The molecule has 9 nitrogen and oxygen atoms in total. The predicted molar refractivity (Wildman–Crippen MR) is 146 cm³/mol. The Bertz CT molecular complexity index is 1560. The Morgan fingerprint density at radius 2 is 1.97 bits per heavy atom. The van der Waals surface area contributed by atoms with Crippen LogP contribution in [0.15, 0.2) is 76.8 Å². The maximum absolute atomic E-state index is 12.5. The van der Waals surface area contributed by atoms with Crippen molar-refractivity contribution in [2.75, 3.05) is 7.11 Å². The number of hydrazone groups is 1. The summed E-state index contributed by atoms with van der Waals surface area (Å²) in [4.78, 5) is 23.0. The van der Waals surface area contributed by atoms with E-state index in [1.807, 2.05) is 6.07 Å². The minimum Gasteiger partial charge on any atom is -0.493 e. The number of allylic oxidation sites excluding steroid dienone is 1. The quantitative estimate of drug-likeness (QED) is 0.101. The van der Waals surface area contributed by atoms with Crippen molar-refractivity contribution >= 4 is 52.0 Å². The smallest absolute Gasteiger partial charge is 0.307 e. The highest BCUT2D eigenvalue weighted by molar-refractivity contribution is 6.35. The molecular formula is C27H21Cl2N3O6. The molecule has 0 aliphatic rings. The van der Waals surface area contributed by atoms with E-state index in [-0.39, 0.29) is 18.1 Å². The third-order valence-corrected chi connectivity index (χ3v) is 6.03. The molecule has 0 saturated carbocycles. The van der Waals surface area contributed by atoms with Gasteiger partial charge in [-0.3, -0.25) is 14.9 Å². The highest BCUT2D eigenvalue weighted by Gasteiger charge is 2.16. The molecule has 4 aromatic rings. The number of amides is 1. The third-order valence-electron chi connectivity index (χ3n) is 5.44. The summed E-state index contributed by atoms with van der Waals surface area (Å²) in [5.74, 6) is 0.336. The highest BCUT2D eigenvalue weighted by Crippen LogP contribution is 2.34. The number of ether oxygens (including phenoxy) is 2. The van der Waals surface area contributed by atoms with Gasteiger partial charge >= 0.3 is 5.91 Å². The maximum atomic E-state index is 12.5. The van der Waals surface area contributed by atoms with Crippen LogP contribution in [0.4, 0.5) is 5.69 Å². The Morgan fingerprint density at radius 1 is 1.16 bits per heavy atom. The van der Waals surface area contributed by atoms with Crippen LogP contribution in [0.5, 0.6) is 11.5 Å². The molecule has 3 aromatic carbocycles. The van der Waals surface area contributed by atoms with E-state index in [0.29, 0.717) is 44.5 Å². The number of halogens is 2. The van der Waals surface area contributed by atoms with E-state index in [1.165, 1.54) is 37.6 Å². The summed E-state index contributed by atoms with van der Waals surface area (Å²) < 4.78 is 17.1. The van der Waals surface area contributed by atoms with Gasteiger partial charge in [-0.25, -0.2) is 5.43 Å². The van der Waals surface area contributed by atoms with Crippen molar-refractivity contribution in [2.24, 2.45) is 5.10 Å². The maximum Gasteiger partial charge on any atom is 0.307 e. The van der Waals surface area contributed by atoms with Gasteiger partial charge in [-0.2, -0.15) is 5.10 Å². The number of nitro groups is 1. The first-order chi connectivity index (χ1) is 18.3. The Labute approximate surface area is 227 Å². The molecule has 1 heterocycles. The van der Waals surface area contributed by atoms with Gasteiger partial charge in [0.1, 0.15) is 12.2 Å². The van der Waals surface area contributed by atoms with Crippen LogP contribution >= 0.6 is 23.2 Å². The van der Waals surface area contributed by atoms with Gasteiger partial charge in [-0.15, -0.1) is 6.58 Å². The first kappa shape index (κ1) is 26.7. The molecule has 4 rings (SSSR count). The lowest BCUT2D eigenvalue weighted by Crippen LogP contribution is -2.16. The number of furan rings is 1. The van der Waals surface area contributed by atoms with Crippen LogP contribution in [0.3, 0.4) is 0 Å². The lowest BCUT2D eigenvalue weighted by atomic mass is 10.1. The van der Waals surface area contributed by atoms with Crippen molar-refractivity contribution in [2.45, 2.75) is 13.0 Å². The van der Waals surface area contributed by atoms with Crippen LogP contribution in [-0.4, -0.2) is 24.2 Å². The number of hydrogen-bond acceptors (Lipinski definition) is 7. The second kappa shape index (κ2) is 11.8. The average molecular weight is 554 g/mol. The van der Waals surface area contributed by atoms with Crippen LogP contribution in [-0.2, 0) is 13.0 Å². The van der Waals surface area contributed by atoms with Gasteiger partial charge in [0, 0.05) is 38.7 Å². The lowest BCUT2D eigenvalue weighted by molar-refractivity contribution is -0.384. The monoisotopic (exact) mass is 553 g/mol. The van der Waals surface area contributed by atoms with Crippen molar-refractivity contribution in [3.05, 3.63) is 110 Å². The van der Waals surface area contributed by atoms with Gasteiger partial charge in [0.05, 0.1) is 18.2 Å². The number of non-ortho nitro benzene ring substituents is 1. The van der Waals surface area contributed by atoms with Crippen molar-refractivity contribution in [1.29, 1.82) is 0 Å². The van der Waals surface area contributed by atoms with Gasteiger partial charge in [0.25, 0.3) is 5.69 Å². The summed E-state index contributed by atoms with van der Waals surface area (Å²) in [5.41, 5.74) is 4.82. The first-order valence-corrected chi connectivity index (χ1v) is 11.9. The lowest BCUT2D eigenvalue weighted by Gasteiger charge is -2.16. The van der Waals surface area contributed by atoms with E-state index in [2.05, 4.69) is 17.1 Å². The Hall–Kier alpha value is -4.34. The zero-order chi connectivity index (χ0) is 27.2. The topological polar surface area (TPSA) is 116 Å². The molecule has 38 heavy (non-hydrogen) atoms. The Morgan fingerprint density at radius 3 is 2.68 bits per heavy atom. The predicted octanol–water partition coefficient (Wildman–Crippen LogP) is 6.73. The molecule has 1 aromatic heterocycles. The second-order valence-electron chi connectivity index (χ2n) is 8.02. The summed E-state index contributed by atoms with van der Waals surface area (Å²) in [6, 6.07) is 14.2. The zero-order valence-electron chi connectivity index (χ0n) is 20.1. The standard InChI is InChI=1S/C27H21Cl2N3O6/c1-3-4-17-9-16(10-24(36-2)26(17)37-15-18-5-6-20(28)13-22(18)29)14-30-31-27(33)25-12-19-11-21(32(34)35)7-8-23(19)38-25/h3,5-14H,1,4,15H2,2H3,(H,31,33)/b30-14-.